The Kier molecular flexibility index (Phi) is 3.97. The Labute approximate surface area is 87.1 Å². The van der Waals surface area contributed by atoms with Gasteiger partial charge in [0.15, 0.2) is 12.1 Å². The number of hydrogen-bond acceptors (Lipinski definition) is 3. The van der Waals surface area contributed by atoms with Crippen LogP contribution in [0.3, 0.4) is 0 Å². The van der Waals surface area contributed by atoms with Crippen LogP contribution in [0.4, 0.5) is 0 Å². The van der Waals surface area contributed by atoms with Crippen LogP contribution in [0.15, 0.2) is 47.2 Å². The van der Waals surface area contributed by atoms with Crippen LogP contribution in [0, 0.1) is 5.41 Å². The molecule has 0 heterocycles. The summed E-state index contributed by atoms with van der Waals surface area (Å²) in [5.41, 5.74) is 0.674. The molecule has 0 radical (unpaired) electrons. The molecule has 0 fully saturated rings. The van der Waals surface area contributed by atoms with Crippen LogP contribution in [0.2, 0.25) is 0 Å². The molecule has 1 rings (SSSR count). The molecule has 0 saturated heterocycles. The van der Waals surface area contributed by atoms with Crippen molar-refractivity contribution in [2.75, 3.05) is 0 Å². The van der Waals surface area contributed by atoms with Gasteiger partial charge in [-0.3, -0.25) is 10.2 Å². The largest absolute Gasteiger partial charge is 0.515 e. The predicted octanol–water partition coefficient (Wildman–Crippen LogP) is 1.72. The summed E-state index contributed by atoms with van der Waals surface area (Å²) in [6, 6.07) is 8.90. The number of hydrogen-bond donors (Lipinski definition) is 2. The number of aliphatic hydroxyl groups is 1. The van der Waals surface area contributed by atoms with Crippen LogP contribution < -0.4 is 0 Å². The molecule has 0 aromatic heterocycles. The van der Waals surface area contributed by atoms with E-state index in [1.165, 1.54) is 0 Å². The standard InChI is InChI=1S/C11H10N2O2/c12-11(10-4-2-1-3-5-10)13-6-9(7-14)8-15/h1-8,12,14H/b9-7-,12-11?,13-6?. The quantitative estimate of drug-likeness (QED) is 0.257. The lowest BCUT2D eigenvalue weighted by Gasteiger charge is -1.96. The molecule has 1 aromatic rings. The second-order valence-electron chi connectivity index (χ2n) is 2.72. The summed E-state index contributed by atoms with van der Waals surface area (Å²) >= 11 is 0. The van der Waals surface area contributed by atoms with Crippen LogP contribution >= 0.6 is 0 Å². The summed E-state index contributed by atoms with van der Waals surface area (Å²) in [6.45, 7) is 0. The lowest BCUT2D eigenvalue weighted by atomic mass is 10.2. The highest BCUT2D eigenvalue weighted by Gasteiger charge is 1.96. The minimum atomic E-state index is 0.0238. The summed E-state index contributed by atoms with van der Waals surface area (Å²) in [6.07, 6.45) is 2.25. The van der Waals surface area contributed by atoms with E-state index in [9.17, 15) is 4.79 Å². The number of carbonyl (C=O) groups is 1. The highest BCUT2D eigenvalue weighted by atomic mass is 16.2. The molecular weight excluding hydrogens is 192 g/mol. The molecule has 2 N–H and O–H groups in total. The van der Waals surface area contributed by atoms with Gasteiger partial charge in [-0.25, -0.2) is 4.99 Å². The van der Waals surface area contributed by atoms with Crippen LogP contribution in [0.25, 0.3) is 0 Å². The van der Waals surface area contributed by atoms with Gasteiger partial charge in [0.25, 0.3) is 0 Å². The molecule has 4 heteroatoms. The Hall–Kier alpha value is -2.23. The van der Waals surface area contributed by atoms with Gasteiger partial charge in [0, 0.05) is 11.8 Å². The Bertz CT molecular complexity index is 408. The van der Waals surface area contributed by atoms with Gasteiger partial charge >= 0.3 is 0 Å². The SMILES string of the molecule is N=C(N=C/C(C=O)=C/O)c1ccccc1. The van der Waals surface area contributed by atoms with Gasteiger partial charge in [-0.1, -0.05) is 30.3 Å². The van der Waals surface area contributed by atoms with Gasteiger partial charge < -0.3 is 5.11 Å². The van der Waals surface area contributed by atoms with Crippen molar-refractivity contribution in [1.82, 2.24) is 0 Å². The Morgan fingerprint density at radius 3 is 2.53 bits per heavy atom. The van der Waals surface area contributed by atoms with Gasteiger partial charge in [0.1, 0.15) is 0 Å². The maximum absolute atomic E-state index is 10.3. The van der Waals surface area contributed by atoms with E-state index in [2.05, 4.69) is 4.99 Å². The van der Waals surface area contributed by atoms with Crippen LogP contribution in [0.1, 0.15) is 5.56 Å². The Balaban J connectivity index is 2.76. The minimum absolute atomic E-state index is 0.0238. The molecule has 1 aromatic carbocycles. The number of allylic oxidation sites excluding steroid dienone is 1. The van der Waals surface area contributed by atoms with Crippen LogP contribution in [-0.2, 0) is 4.79 Å². The van der Waals surface area contributed by atoms with Crippen LogP contribution in [-0.4, -0.2) is 23.4 Å². The van der Waals surface area contributed by atoms with Crippen molar-refractivity contribution in [2.24, 2.45) is 4.99 Å². The van der Waals surface area contributed by atoms with E-state index in [0.29, 0.717) is 18.1 Å². The molecule has 4 nitrogen and oxygen atoms in total. The first kappa shape index (κ1) is 10.8. The smallest absolute Gasteiger partial charge is 0.154 e. The summed E-state index contributed by atoms with van der Waals surface area (Å²) in [7, 11) is 0. The van der Waals surface area contributed by atoms with Crippen molar-refractivity contribution < 1.29 is 9.90 Å². The third-order valence-electron chi connectivity index (χ3n) is 1.68. The highest BCUT2D eigenvalue weighted by Crippen LogP contribution is 2.00. The minimum Gasteiger partial charge on any atom is -0.515 e. The van der Waals surface area contributed by atoms with Crippen molar-refractivity contribution in [1.29, 1.82) is 5.41 Å². The van der Waals surface area contributed by atoms with E-state index in [1.54, 1.807) is 24.3 Å². The molecule has 0 amide bonds. The summed E-state index contributed by atoms with van der Waals surface area (Å²) in [5, 5.41) is 16.1. The lowest BCUT2D eigenvalue weighted by Crippen LogP contribution is -1.96. The molecule has 15 heavy (non-hydrogen) atoms. The number of amidine groups is 1. The normalized spacial score (nSPS) is 11.6. The number of aldehydes is 1. The van der Waals surface area contributed by atoms with Crippen molar-refractivity contribution >= 4 is 18.3 Å². The van der Waals surface area contributed by atoms with Crippen molar-refractivity contribution in [3.63, 3.8) is 0 Å². The number of nitrogens with one attached hydrogen (secondary N) is 1. The van der Waals surface area contributed by atoms with Gasteiger partial charge in [-0.15, -0.1) is 0 Å². The molecule has 0 aliphatic rings. The average Bonchev–Trinajstić information content (AvgIpc) is 2.31. The maximum atomic E-state index is 10.3. The molecule has 0 saturated carbocycles. The van der Waals surface area contributed by atoms with Crippen molar-refractivity contribution in [2.45, 2.75) is 0 Å². The zero-order chi connectivity index (χ0) is 11.1. The van der Waals surface area contributed by atoms with E-state index < -0.39 is 0 Å². The zero-order valence-corrected chi connectivity index (χ0v) is 7.92. The summed E-state index contributed by atoms with van der Waals surface area (Å²) in [4.78, 5) is 14.0. The molecule has 76 valence electrons. The molecule has 0 aliphatic carbocycles. The highest BCUT2D eigenvalue weighted by molar-refractivity contribution is 6.09. The first-order valence-corrected chi connectivity index (χ1v) is 4.25. The molecule has 0 atom stereocenters. The number of rotatable bonds is 3. The van der Waals surface area contributed by atoms with Gasteiger partial charge in [-0.2, -0.15) is 0 Å². The second-order valence-corrected chi connectivity index (χ2v) is 2.72. The number of benzene rings is 1. The fraction of sp³-hybridized carbons (Fsp3) is 0. The molecule has 0 unspecified atom stereocenters. The number of aliphatic imine (C=N–C) groups is 1. The molecular formula is C11H10N2O2. The lowest BCUT2D eigenvalue weighted by molar-refractivity contribution is -0.104. The van der Waals surface area contributed by atoms with E-state index in [4.69, 9.17) is 10.5 Å². The molecule has 0 aliphatic heterocycles. The fourth-order valence-corrected chi connectivity index (χ4v) is 0.904. The van der Waals surface area contributed by atoms with Crippen LogP contribution in [0.5, 0.6) is 0 Å². The van der Waals surface area contributed by atoms with Crippen molar-refractivity contribution in [3.05, 3.63) is 47.7 Å². The Morgan fingerprint density at radius 1 is 1.33 bits per heavy atom. The second kappa shape index (κ2) is 5.49. The van der Waals surface area contributed by atoms with Gasteiger partial charge in [0.05, 0.1) is 11.8 Å². The third kappa shape index (κ3) is 3.19. The third-order valence-corrected chi connectivity index (χ3v) is 1.68. The van der Waals surface area contributed by atoms with Gasteiger partial charge in [0.2, 0.25) is 0 Å². The molecule has 0 spiro atoms. The van der Waals surface area contributed by atoms with E-state index >= 15 is 0 Å². The fourth-order valence-electron chi connectivity index (χ4n) is 0.904. The predicted molar refractivity (Wildman–Crippen MR) is 58.5 cm³/mol. The van der Waals surface area contributed by atoms with Crippen molar-refractivity contribution in [3.8, 4) is 0 Å². The number of nitrogens with zero attached hydrogens (tertiary/aromatic N) is 1. The Morgan fingerprint density at radius 2 is 2.00 bits per heavy atom. The summed E-state index contributed by atoms with van der Waals surface area (Å²) < 4.78 is 0. The van der Waals surface area contributed by atoms with E-state index in [1.807, 2.05) is 6.07 Å². The first-order chi connectivity index (χ1) is 7.27. The topological polar surface area (TPSA) is 73.5 Å². The number of aliphatic hydroxyl groups excluding tert-OH is 1. The van der Waals surface area contributed by atoms with Gasteiger partial charge in [-0.05, 0) is 0 Å². The zero-order valence-electron chi connectivity index (χ0n) is 7.92. The molecule has 0 bridgehead atoms. The first-order valence-electron chi connectivity index (χ1n) is 4.25. The maximum Gasteiger partial charge on any atom is 0.154 e. The number of carbonyl (C=O) groups excluding carboxylic acids is 1. The average molecular weight is 202 g/mol. The van der Waals surface area contributed by atoms with E-state index in [0.717, 1.165) is 6.21 Å². The monoisotopic (exact) mass is 202 g/mol. The summed E-state index contributed by atoms with van der Waals surface area (Å²) in [5.74, 6) is 0.0387. The van der Waals surface area contributed by atoms with E-state index in [-0.39, 0.29) is 11.4 Å².